The van der Waals surface area contributed by atoms with Crippen LogP contribution >= 0.6 is 0 Å². The van der Waals surface area contributed by atoms with Crippen LogP contribution in [0.1, 0.15) is 23.7 Å². The molecule has 5 heteroatoms. The number of aromatic nitrogens is 3. The monoisotopic (exact) mass is 196 g/mol. The van der Waals surface area contributed by atoms with E-state index < -0.39 is 0 Å². The molecule has 0 spiro atoms. The molecule has 2 rings (SSSR count). The summed E-state index contributed by atoms with van der Waals surface area (Å²) in [6.45, 7) is 2.44. The summed E-state index contributed by atoms with van der Waals surface area (Å²) in [5.74, 6) is 0.471. The SMILES string of the molecule is CNCc1nnn(C)c1C1CCOC1. The van der Waals surface area contributed by atoms with E-state index in [4.69, 9.17) is 4.74 Å². The van der Waals surface area contributed by atoms with Crippen LogP contribution in [0.2, 0.25) is 0 Å². The molecule has 78 valence electrons. The average molecular weight is 196 g/mol. The lowest BCUT2D eigenvalue weighted by molar-refractivity contribution is 0.193. The van der Waals surface area contributed by atoms with E-state index in [9.17, 15) is 0 Å². The molecule has 1 aliphatic rings. The zero-order valence-electron chi connectivity index (χ0n) is 8.66. The second kappa shape index (κ2) is 4.06. The normalized spacial score (nSPS) is 21.7. The first-order valence-corrected chi connectivity index (χ1v) is 4.93. The fraction of sp³-hybridized carbons (Fsp3) is 0.778. The second-order valence-electron chi connectivity index (χ2n) is 3.64. The fourth-order valence-electron chi connectivity index (χ4n) is 1.95. The van der Waals surface area contributed by atoms with Crippen LogP contribution in [-0.2, 0) is 18.3 Å². The first kappa shape index (κ1) is 9.61. The molecule has 5 nitrogen and oxygen atoms in total. The summed E-state index contributed by atoms with van der Waals surface area (Å²) < 4.78 is 7.25. The average Bonchev–Trinajstić information content (AvgIpc) is 2.76. The first-order chi connectivity index (χ1) is 6.83. The summed E-state index contributed by atoms with van der Waals surface area (Å²) >= 11 is 0. The van der Waals surface area contributed by atoms with Crippen LogP contribution in [-0.4, -0.2) is 35.3 Å². The summed E-state index contributed by atoms with van der Waals surface area (Å²) in [6, 6.07) is 0. The summed E-state index contributed by atoms with van der Waals surface area (Å²) in [5, 5.41) is 11.3. The van der Waals surface area contributed by atoms with Gasteiger partial charge in [-0.05, 0) is 13.5 Å². The molecule has 0 bridgehead atoms. The van der Waals surface area contributed by atoms with Crippen molar-refractivity contribution in [3.05, 3.63) is 11.4 Å². The topological polar surface area (TPSA) is 52.0 Å². The van der Waals surface area contributed by atoms with Crippen LogP contribution in [0, 0.1) is 0 Å². The van der Waals surface area contributed by atoms with Crippen molar-refractivity contribution in [1.29, 1.82) is 0 Å². The van der Waals surface area contributed by atoms with Crippen molar-refractivity contribution in [2.24, 2.45) is 7.05 Å². The van der Waals surface area contributed by atoms with Crippen LogP contribution < -0.4 is 5.32 Å². The summed E-state index contributed by atoms with van der Waals surface area (Å²) in [4.78, 5) is 0. The van der Waals surface area contributed by atoms with E-state index >= 15 is 0 Å². The van der Waals surface area contributed by atoms with Crippen molar-refractivity contribution < 1.29 is 4.74 Å². The third kappa shape index (κ3) is 1.65. The highest BCUT2D eigenvalue weighted by Gasteiger charge is 2.24. The van der Waals surface area contributed by atoms with Crippen molar-refractivity contribution in [2.45, 2.75) is 18.9 Å². The van der Waals surface area contributed by atoms with Gasteiger partial charge in [-0.2, -0.15) is 0 Å². The lowest BCUT2D eigenvalue weighted by Gasteiger charge is -2.09. The Morgan fingerprint density at radius 1 is 1.64 bits per heavy atom. The maximum atomic E-state index is 5.38. The summed E-state index contributed by atoms with van der Waals surface area (Å²) in [5.41, 5.74) is 2.27. The van der Waals surface area contributed by atoms with Gasteiger partial charge in [0.15, 0.2) is 0 Å². The molecule has 0 radical (unpaired) electrons. The van der Waals surface area contributed by atoms with E-state index in [0.29, 0.717) is 5.92 Å². The van der Waals surface area contributed by atoms with Gasteiger partial charge in [-0.3, -0.25) is 4.68 Å². The van der Waals surface area contributed by atoms with Crippen molar-refractivity contribution in [3.63, 3.8) is 0 Å². The van der Waals surface area contributed by atoms with Gasteiger partial charge >= 0.3 is 0 Å². The fourth-order valence-corrected chi connectivity index (χ4v) is 1.95. The van der Waals surface area contributed by atoms with Gasteiger partial charge in [0.25, 0.3) is 0 Å². The molecule has 0 saturated carbocycles. The minimum absolute atomic E-state index is 0.471. The predicted molar refractivity (Wildman–Crippen MR) is 51.9 cm³/mol. The third-order valence-corrected chi connectivity index (χ3v) is 2.60. The maximum Gasteiger partial charge on any atom is 0.1000 e. The molecule has 0 aromatic carbocycles. The van der Waals surface area contributed by atoms with Crippen molar-refractivity contribution in [2.75, 3.05) is 20.3 Å². The number of hydrogen-bond acceptors (Lipinski definition) is 4. The highest BCUT2D eigenvalue weighted by Crippen LogP contribution is 2.26. The highest BCUT2D eigenvalue weighted by molar-refractivity contribution is 5.16. The Morgan fingerprint density at radius 3 is 3.14 bits per heavy atom. The Balaban J connectivity index is 2.24. The minimum Gasteiger partial charge on any atom is -0.381 e. The molecule has 14 heavy (non-hydrogen) atoms. The van der Waals surface area contributed by atoms with E-state index in [-0.39, 0.29) is 0 Å². The van der Waals surface area contributed by atoms with Crippen molar-refractivity contribution in [1.82, 2.24) is 20.3 Å². The predicted octanol–water partition coefficient (Wildman–Crippen LogP) is 0.0384. The van der Waals surface area contributed by atoms with E-state index in [0.717, 1.165) is 31.9 Å². The van der Waals surface area contributed by atoms with Gasteiger partial charge in [-0.1, -0.05) is 5.21 Å². The maximum absolute atomic E-state index is 5.38. The van der Waals surface area contributed by atoms with Crippen LogP contribution in [0.3, 0.4) is 0 Å². The van der Waals surface area contributed by atoms with Crippen LogP contribution in [0.5, 0.6) is 0 Å². The Bertz CT molecular complexity index is 304. The van der Waals surface area contributed by atoms with E-state index in [1.165, 1.54) is 5.69 Å². The molecule has 1 saturated heterocycles. The number of hydrogen-bond donors (Lipinski definition) is 1. The smallest absolute Gasteiger partial charge is 0.1000 e. The third-order valence-electron chi connectivity index (χ3n) is 2.60. The number of aryl methyl sites for hydroxylation is 1. The number of nitrogens with one attached hydrogen (secondary N) is 1. The number of rotatable bonds is 3. The Labute approximate surface area is 83.4 Å². The van der Waals surface area contributed by atoms with Gasteiger partial charge < -0.3 is 10.1 Å². The van der Waals surface area contributed by atoms with Crippen molar-refractivity contribution >= 4 is 0 Å². The minimum atomic E-state index is 0.471. The van der Waals surface area contributed by atoms with Gasteiger partial charge in [0.05, 0.1) is 18.0 Å². The number of nitrogens with zero attached hydrogens (tertiary/aromatic N) is 3. The molecule has 1 aromatic rings. The molecule has 1 atom stereocenters. The molecule has 1 unspecified atom stereocenters. The second-order valence-corrected chi connectivity index (χ2v) is 3.64. The van der Waals surface area contributed by atoms with Crippen LogP contribution in [0.15, 0.2) is 0 Å². The molecule has 1 aliphatic heterocycles. The lowest BCUT2D eigenvalue weighted by Crippen LogP contribution is -2.12. The van der Waals surface area contributed by atoms with Gasteiger partial charge in [-0.25, -0.2) is 0 Å². The van der Waals surface area contributed by atoms with Gasteiger partial charge in [0.1, 0.15) is 0 Å². The molecule has 0 amide bonds. The largest absolute Gasteiger partial charge is 0.381 e. The summed E-state index contributed by atoms with van der Waals surface area (Å²) in [6.07, 6.45) is 1.08. The van der Waals surface area contributed by atoms with Gasteiger partial charge in [0.2, 0.25) is 0 Å². The summed E-state index contributed by atoms with van der Waals surface area (Å²) in [7, 11) is 3.86. The van der Waals surface area contributed by atoms with E-state index in [1.54, 1.807) is 0 Å². The quantitative estimate of drug-likeness (QED) is 0.741. The van der Waals surface area contributed by atoms with Crippen LogP contribution in [0.4, 0.5) is 0 Å². The Kier molecular flexibility index (Phi) is 2.79. The van der Waals surface area contributed by atoms with Gasteiger partial charge in [-0.15, -0.1) is 5.10 Å². The highest BCUT2D eigenvalue weighted by atomic mass is 16.5. The Morgan fingerprint density at radius 2 is 2.50 bits per heavy atom. The van der Waals surface area contributed by atoms with E-state index in [1.807, 2.05) is 18.8 Å². The van der Waals surface area contributed by atoms with Crippen molar-refractivity contribution in [3.8, 4) is 0 Å². The number of ether oxygens (including phenoxy) is 1. The zero-order valence-corrected chi connectivity index (χ0v) is 8.66. The molecule has 1 N–H and O–H groups in total. The molecule has 0 aliphatic carbocycles. The van der Waals surface area contributed by atoms with E-state index in [2.05, 4.69) is 15.6 Å². The molecule has 1 fully saturated rings. The Hall–Kier alpha value is -0.940. The van der Waals surface area contributed by atoms with Gasteiger partial charge in [0, 0.05) is 26.1 Å². The first-order valence-electron chi connectivity index (χ1n) is 4.93. The molecular formula is C9H16N4O. The van der Waals surface area contributed by atoms with Crippen LogP contribution in [0.25, 0.3) is 0 Å². The molecule has 1 aromatic heterocycles. The zero-order chi connectivity index (χ0) is 9.97. The molecular weight excluding hydrogens is 180 g/mol. The lowest BCUT2D eigenvalue weighted by atomic mass is 10.0. The standard InChI is InChI=1S/C9H16N4O/c1-10-5-8-9(13(2)12-11-8)7-3-4-14-6-7/h7,10H,3-6H2,1-2H3. The molecule has 2 heterocycles.